The third-order valence-electron chi connectivity index (χ3n) is 4.94. The van der Waals surface area contributed by atoms with Crippen LogP contribution in [-0.4, -0.2) is 31.8 Å². The molecule has 2 aromatic carbocycles. The molecule has 3 rings (SSSR count). The van der Waals surface area contributed by atoms with Crippen molar-refractivity contribution in [3.8, 4) is 11.8 Å². The fourth-order valence-electron chi connectivity index (χ4n) is 3.41. The molecule has 1 aliphatic rings. The van der Waals surface area contributed by atoms with Crippen molar-refractivity contribution in [3.63, 3.8) is 0 Å². The van der Waals surface area contributed by atoms with E-state index in [0.29, 0.717) is 27.7 Å². The first-order chi connectivity index (χ1) is 14.6. The summed E-state index contributed by atoms with van der Waals surface area (Å²) in [5.74, 6) is -1.66. The van der Waals surface area contributed by atoms with Crippen LogP contribution in [0.5, 0.6) is 5.75 Å². The van der Waals surface area contributed by atoms with Crippen molar-refractivity contribution < 1.29 is 19.1 Å². The monoisotopic (exact) mass is 422 g/mol. The Balaban J connectivity index is 1.93. The molecule has 7 heteroatoms. The maximum atomic E-state index is 12.8. The highest BCUT2D eigenvalue weighted by atomic mass is 32.2. The molecule has 0 radical (unpaired) electrons. The number of esters is 1. The van der Waals surface area contributed by atoms with Gasteiger partial charge < -0.3 is 14.8 Å². The summed E-state index contributed by atoms with van der Waals surface area (Å²) in [6.45, 7) is 0. The van der Waals surface area contributed by atoms with Gasteiger partial charge in [-0.3, -0.25) is 9.59 Å². The van der Waals surface area contributed by atoms with Gasteiger partial charge in [0.2, 0.25) is 5.91 Å². The van der Waals surface area contributed by atoms with Gasteiger partial charge in [0.25, 0.3) is 0 Å². The van der Waals surface area contributed by atoms with Crippen LogP contribution < -0.4 is 10.1 Å². The van der Waals surface area contributed by atoms with Gasteiger partial charge in [-0.2, -0.15) is 5.26 Å². The highest BCUT2D eigenvalue weighted by molar-refractivity contribution is 8.03. The quantitative estimate of drug-likeness (QED) is 0.543. The standard InChI is InChI=1S/C23H22N2O4S/c1-28-17-10-8-16(9-11-17)19-18(14-24)22(25-21(26)20(19)23(27)29-2)30-13-12-15-6-4-3-5-7-15/h3-11,19-20H,12-13H2,1-2H3,(H,25,26)/t19-,20+/m1/s1. The van der Waals surface area contributed by atoms with E-state index in [9.17, 15) is 14.9 Å². The molecule has 0 aromatic heterocycles. The Labute approximate surface area is 179 Å². The van der Waals surface area contributed by atoms with Gasteiger partial charge in [-0.25, -0.2) is 0 Å². The predicted molar refractivity (Wildman–Crippen MR) is 115 cm³/mol. The van der Waals surface area contributed by atoms with Crippen molar-refractivity contribution in [1.82, 2.24) is 5.32 Å². The lowest BCUT2D eigenvalue weighted by Gasteiger charge is -2.31. The van der Waals surface area contributed by atoms with Gasteiger partial charge in [-0.1, -0.05) is 42.5 Å². The number of nitrogens with one attached hydrogen (secondary N) is 1. The lowest BCUT2D eigenvalue weighted by atomic mass is 9.78. The topological polar surface area (TPSA) is 88.4 Å². The summed E-state index contributed by atoms with van der Waals surface area (Å²) in [5, 5.41) is 13.2. The highest BCUT2D eigenvalue weighted by Crippen LogP contribution is 2.40. The molecule has 1 aliphatic heterocycles. The van der Waals surface area contributed by atoms with Crippen LogP contribution in [0.25, 0.3) is 0 Å². The number of nitrogens with zero attached hydrogens (tertiary/aromatic N) is 1. The number of methoxy groups -OCH3 is 2. The minimum atomic E-state index is -1.13. The first-order valence-corrected chi connectivity index (χ1v) is 10.4. The molecule has 1 amide bonds. The molecule has 6 nitrogen and oxygen atoms in total. The molecule has 0 aliphatic carbocycles. The minimum absolute atomic E-state index is 0.355. The molecule has 0 bridgehead atoms. The lowest BCUT2D eigenvalue weighted by Crippen LogP contribution is -2.44. The summed E-state index contributed by atoms with van der Waals surface area (Å²) < 4.78 is 10.1. The van der Waals surface area contributed by atoms with E-state index in [0.717, 1.165) is 6.42 Å². The number of rotatable bonds is 7. The molecule has 0 unspecified atom stereocenters. The number of hydrogen-bond acceptors (Lipinski definition) is 6. The zero-order valence-electron chi connectivity index (χ0n) is 16.8. The van der Waals surface area contributed by atoms with E-state index in [1.54, 1.807) is 31.4 Å². The van der Waals surface area contributed by atoms with E-state index in [2.05, 4.69) is 11.4 Å². The molecule has 0 spiro atoms. The van der Waals surface area contributed by atoms with E-state index in [1.165, 1.54) is 24.4 Å². The fraction of sp³-hybridized carbons (Fsp3) is 0.261. The van der Waals surface area contributed by atoms with Crippen LogP contribution in [0.1, 0.15) is 17.0 Å². The average Bonchev–Trinajstić information content (AvgIpc) is 2.79. The number of thioether (sulfide) groups is 1. The van der Waals surface area contributed by atoms with Crippen LogP contribution in [0.4, 0.5) is 0 Å². The summed E-state index contributed by atoms with van der Waals surface area (Å²) in [6, 6.07) is 19.2. The summed E-state index contributed by atoms with van der Waals surface area (Å²) in [5.41, 5.74) is 2.21. The van der Waals surface area contributed by atoms with Gasteiger partial charge in [-0.15, -0.1) is 11.8 Å². The Bertz CT molecular complexity index is 981. The Morgan fingerprint density at radius 1 is 1.13 bits per heavy atom. The van der Waals surface area contributed by atoms with Crippen molar-refractivity contribution in [2.75, 3.05) is 20.0 Å². The summed E-state index contributed by atoms with van der Waals surface area (Å²) in [6.07, 6.45) is 0.789. The van der Waals surface area contributed by atoms with Crippen molar-refractivity contribution in [3.05, 3.63) is 76.3 Å². The Morgan fingerprint density at radius 2 is 1.83 bits per heavy atom. The Kier molecular flexibility index (Phi) is 7.15. The summed E-state index contributed by atoms with van der Waals surface area (Å²) >= 11 is 1.40. The number of nitriles is 1. The molecule has 1 heterocycles. The molecule has 0 fully saturated rings. The van der Waals surface area contributed by atoms with Gasteiger partial charge in [0.15, 0.2) is 0 Å². The van der Waals surface area contributed by atoms with Gasteiger partial charge in [0.1, 0.15) is 11.7 Å². The van der Waals surface area contributed by atoms with Crippen LogP contribution in [-0.2, 0) is 20.7 Å². The normalized spacial score (nSPS) is 18.4. The average molecular weight is 423 g/mol. The molecule has 154 valence electrons. The van der Waals surface area contributed by atoms with E-state index in [-0.39, 0.29) is 0 Å². The zero-order valence-corrected chi connectivity index (χ0v) is 17.6. The molecule has 30 heavy (non-hydrogen) atoms. The molecular formula is C23H22N2O4S. The molecule has 1 N–H and O–H groups in total. The summed E-state index contributed by atoms with van der Waals surface area (Å²) in [7, 11) is 2.79. The summed E-state index contributed by atoms with van der Waals surface area (Å²) in [4.78, 5) is 25.2. The first kappa shape index (κ1) is 21.5. The van der Waals surface area contributed by atoms with Gasteiger partial charge in [-0.05, 0) is 29.7 Å². The zero-order chi connectivity index (χ0) is 21.5. The number of aryl methyl sites for hydroxylation is 1. The second-order valence-electron chi connectivity index (χ2n) is 6.68. The molecule has 0 saturated heterocycles. The lowest BCUT2D eigenvalue weighted by molar-refractivity contribution is -0.150. The van der Waals surface area contributed by atoms with Crippen LogP contribution in [0.3, 0.4) is 0 Å². The number of hydrogen-bond donors (Lipinski definition) is 1. The predicted octanol–water partition coefficient (Wildman–Crippen LogP) is 3.41. The van der Waals surface area contributed by atoms with Crippen LogP contribution in [0.15, 0.2) is 65.2 Å². The first-order valence-electron chi connectivity index (χ1n) is 9.42. The molecule has 2 aromatic rings. The Hall–Kier alpha value is -3.24. The van der Waals surface area contributed by atoms with E-state index >= 15 is 0 Å². The maximum Gasteiger partial charge on any atom is 0.319 e. The molecule has 0 saturated carbocycles. The van der Waals surface area contributed by atoms with Gasteiger partial charge in [0.05, 0.1) is 30.9 Å². The molecular weight excluding hydrogens is 400 g/mol. The number of benzene rings is 2. The van der Waals surface area contributed by atoms with Crippen LogP contribution in [0, 0.1) is 17.2 Å². The maximum absolute atomic E-state index is 12.8. The largest absolute Gasteiger partial charge is 0.497 e. The second-order valence-corrected chi connectivity index (χ2v) is 7.78. The number of carbonyl (C=O) groups is 2. The minimum Gasteiger partial charge on any atom is -0.497 e. The highest BCUT2D eigenvalue weighted by Gasteiger charge is 2.44. The third kappa shape index (κ3) is 4.66. The number of allylic oxidation sites excluding steroid dienone is 1. The molecule has 2 atom stereocenters. The fourth-order valence-corrected chi connectivity index (χ4v) is 4.45. The SMILES string of the molecule is COC(=O)[C@@H]1C(=O)NC(SCCc2ccccc2)=C(C#N)[C@H]1c1ccc(OC)cc1. The number of ether oxygens (including phenoxy) is 2. The number of amides is 1. The van der Waals surface area contributed by atoms with Crippen molar-refractivity contribution >= 4 is 23.6 Å². The van der Waals surface area contributed by atoms with Gasteiger partial charge >= 0.3 is 5.97 Å². The van der Waals surface area contributed by atoms with Crippen molar-refractivity contribution in [2.45, 2.75) is 12.3 Å². The van der Waals surface area contributed by atoms with Crippen LogP contribution >= 0.6 is 11.8 Å². The Morgan fingerprint density at radius 3 is 2.43 bits per heavy atom. The third-order valence-corrected chi connectivity index (χ3v) is 5.96. The van der Waals surface area contributed by atoms with E-state index < -0.39 is 23.7 Å². The second kappa shape index (κ2) is 9.99. The number of carbonyl (C=O) groups excluding carboxylic acids is 2. The van der Waals surface area contributed by atoms with Gasteiger partial charge in [0, 0.05) is 11.7 Å². The smallest absolute Gasteiger partial charge is 0.319 e. The van der Waals surface area contributed by atoms with E-state index in [1.807, 2.05) is 30.3 Å². The van der Waals surface area contributed by atoms with Crippen LogP contribution in [0.2, 0.25) is 0 Å². The van der Waals surface area contributed by atoms with Crippen molar-refractivity contribution in [2.24, 2.45) is 5.92 Å². The van der Waals surface area contributed by atoms with E-state index in [4.69, 9.17) is 9.47 Å². The van der Waals surface area contributed by atoms with Crippen molar-refractivity contribution in [1.29, 1.82) is 5.26 Å².